The van der Waals surface area contributed by atoms with Gasteiger partial charge in [-0.3, -0.25) is 4.79 Å². The quantitative estimate of drug-likeness (QED) is 0.378. The van der Waals surface area contributed by atoms with Crippen LogP contribution in [0.1, 0.15) is 0 Å². The van der Waals surface area contributed by atoms with Crippen molar-refractivity contribution in [3.63, 3.8) is 0 Å². The Kier molecular flexibility index (Phi) is 2.44. The van der Waals surface area contributed by atoms with E-state index in [9.17, 15) is 9.18 Å². The molecule has 0 atom stereocenters. The Morgan fingerprint density at radius 1 is 1.86 bits per heavy atom. The molecule has 0 aliphatic carbocycles. The number of primary amides is 1. The summed E-state index contributed by atoms with van der Waals surface area (Å²) in [5.41, 5.74) is 4.52. The number of amides is 1. The summed E-state index contributed by atoms with van der Waals surface area (Å²) >= 11 is 3.34. The van der Waals surface area contributed by atoms with Gasteiger partial charge in [-0.15, -0.1) is 12.6 Å². The van der Waals surface area contributed by atoms with E-state index in [0.717, 1.165) is 0 Å². The second kappa shape index (κ2) is 2.63. The van der Waals surface area contributed by atoms with Crippen molar-refractivity contribution in [3.8, 4) is 0 Å². The maximum Gasteiger partial charge on any atom is 0.257 e. The number of carbonyl (C=O) groups is 1. The average molecular weight is 121 g/mol. The van der Waals surface area contributed by atoms with E-state index in [2.05, 4.69) is 18.4 Å². The number of halogens is 1. The van der Waals surface area contributed by atoms with E-state index in [1.165, 1.54) is 0 Å². The monoisotopic (exact) mass is 121 g/mol. The zero-order chi connectivity index (χ0) is 5.86. The summed E-state index contributed by atoms with van der Waals surface area (Å²) in [4.78, 5) is 9.41. The van der Waals surface area contributed by atoms with E-state index >= 15 is 0 Å². The van der Waals surface area contributed by atoms with Crippen LogP contribution < -0.4 is 5.73 Å². The van der Waals surface area contributed by atoms with Crippen LogP contribution in [0.4, 0.5) is 4.39 Å². The molecule has 0 aliphatic heterocycles. The SMILES string of the molecule is NC(=O)/C(S)=C/F. The molecule has 0 radical (unpaired) electrons. The highest BCUT2D eigenvalue weighted by Crippen LogP contribution is 1.96. The zero-order valence-corrected chi connectivity index (χ0v) is 4.28. The Bertz CT molecular complexity index is 112. The van der Waals surface area contributed by atoms with Crippen molar-refractivity contribution in [2.75, 3.05) is 0 Å². The van der Waals surface area contributed by atoms with Gasteiger partial charge in [-0.25, -0.2) is 4.39 Å². The first kappa shape index (κ1) is 6.49. The van der Waals surface area contributed by atoms with Crippen LogP contribution in [0.25, 0.3) is 0 Å². The lowest BCUT2D eigenvalue weighted by Gasteiger charge is -1.82. The summed E-state index contributed by atoms with van der Waals surface area (Å²) in [6.07, 6.45) is 0.0471. The molecule has 0 heterocycles. The average Bonchev–Trinajstić information content (AvgIpc) is 1.65. The molecule has 0 rings (SSSR count). The van der Waals surface area contributed by atoms with Gasteiger partial charge in [0, 0.05) is 0 Å². The van der Waals surface area contributed by atoms with Gasteiger partial charge in [-0.05, 0) is 0 Å². The van der Waals surface area contributed by atoms with E-state index in [-0.39, 0.29) is 11.2 Å². The van der Waals surface area contributed by atoms with Gasteiger partial charge in [0.1, 0.15) is 6.33 Å². The van der Waals surface area contributed by atoms with Gasteiger partial charge in [0.2, 0.25) is 0 Å². The molecular formula is C3H4FNOS. The van der Waals surface area contributed by atoms with Crippen molar-refractivity contribution >= 4 is 18.5 Å². The lowest BCUT2D eigenvalue weighted by Crippen LogP contribution is -2.09. The van der Waals surface area contributed by atoms with Crippen molar-refractivity contribution in [1.82, 2.24) is 0 Å². The molecule has 2 nitrogen and oxygen atoms in total. The van der Waals surface area contributed by atoms with Crippen LogP contribution in [-0.2, 0) is 4.79 Å². The maximum atomic E-state index is 11.1. The summed E-state index contributed by atoms with van der Waals surface area (Å²) in [6, 6.07) is 0. The minimum Gasteiger partial charge on any atom is -0.365 e. The molecule has 0 fully saturated rings. The van der Waals surface area contributed by atoms with Crippen LogP contribution in [-0.4, -0.2) is 5.91 Å². The Morgan fingerprint density at radius 3 is 2.29 bits per heavy atom. The minimum atomic E-state index is -0.856. The molecule has 4 heteroatoms. The van der Waals surface area contributed by atoms with Crippen LogP contribution in [0.15, 0.2) is 11.2 Å². The standard InChI is InChI=1S/C3H4FNOS/c4-1-2(7)3(5)6/h1,7H,(H2,5,6)/b2-1-. The van der Waals surface area contributed by atoms with E-state index in [1.54, 1.807) is 0 Å². The zero-order valence-electron chi connectivity index (χ0n) is 3.39. The van der Waals surface area contributed by atoms with Crippen LogP contribution in [0, 0.1) is 0 Å². The molecule has 0 bridgehead atoms. The van der Waals surface area contributed by atoms with Crippen LogP contribution in [0.2, 0.25) is 0 Å². The summed E-state index contributed by atoms with van der Waals surface area (Å²) < 4.78 is 11.1. The van der Waals surface area contributed by atoms with Gasteiger partial charge in [-0.1, -0.05) is 0 Å². The Labute approximate surface area is 45.6 Å². The molecule has 0 spiro atoms. The lowest BCUT2D eigenvalue weighted by molar-refractivity contribution is -0.113. The molecule has 0 aromatic carbocycles. The van der Waals surface area contributed by atoms with E-state index < -0.39 is 5.91 Å². The van der Waals surface area contributed by atoms with E-state index in [1.807, 2.05) is 0 Å². The Hall–Kier alpha value is -0.510. The van der Waals surface area contributed by atoms with Gasteiger partial charge in [-0.2, -0.15) is 0 Å². The second-order valence-electron chi connectivity index (χ2n) is 0.859. The molecule has 40 valence electrons. The van der Waals surface area contributed by atoms with Gasteiger partial charge in [0.05, 0.1) is 4.91 Å². The predicted molar refractivity (Wildman–Crippen MR) is 27.4 cm³/mol. The number of carbonyl (C=O) groups excluding carboxylic acids is 1. The maximum absolute atomic E-state index is 11.1. The van der Waals surface area contributed by atoms with Crippen molar-refractivity contribution in [2.45, 2.75) is 0 Å². The van der Waals surface area contributed by atoms with Crippen molar-refractivity contribution in [3.05, 3.63) is 11.2 Å². The first-order chi connectivity index (χ1) is 3.18. The highest BCUT2D eigenvalue weighted by atomic mass is 32.1. The predicted octanol–water partition coefficient (Wildman–Crippen LogP) is 0.212. The summed E-state index contributed by atoms with van der Waals surface area (Å²) in [6.45, 7) is 0. The molecule has 2 N–H and O–H groups in total. The summed E-state index contributed by atoms with van der Waals surface area (Å²) in [7, 11) is 0. The largest absolute Gasteiger partial charge is 0.365 e. The number of hydrogen-bond acceptors (Lipinski definition) is 2. The van der Waals surface area contributed by atoms with Gasteiger partial charge < -0.3 is 5.73 Å². The highest BCUT2D eigenvalue weighted by Gasteiger charge is 1.94. The van der Waals surface area contributed by atoms with Gasteiger partial charge >= 0.3 is 0 Å². The normalized spacial score (nSPS) is 11.4. The van der Waals surface area contributed by atoms with Gasteiger partial charge in [0.15, 0.2) is 0 Å². The molecule has 0 aromatic rings. The molecule has 0 saturated heterocycles. The Morgan fingerprint density at radius 2 is 2.29 bits per heavy atom. The number of nitrogens with two attached hydrogens (primary N) is 1. The molecule has 7 heavy (non-hydrogen) atoms. The third-order valence-corrected chi connectivity index (χ3v) is 0.674. The topological polar surface area (TPSA) is 43.1 Å². The van der Waals surface area contributed by atoms with Crippen LogP contribution in [0.5, 0.6) is 0 Å². The van der Waals surface area contributed by atoms with E-state index in [4.69, 9.17) is 0 Å². The van der Waals surface area contributed by atoms with Crippen molar-refractivity contribution in [1.29, 1.82) is 0 Å². The lowest BCUT2D eigenvalue weighted by atomic mass is 10.6. The first-order valence-corrected chi connectivity index (χ1v) is 1.92. The van der Waals surface area contributed by atoms with Gasteiger partial charge in [0.25, 0.3) is 5.91 Å². The minimum absolute atomic E-state index is 0.0471. The fourth-order valence-corrected chi connectivity index (χ4v) is 0.0538. The first-order valence-electron chi connectivity index (χ1n) is 1.47. The highest BCUT2D eigenvalue weighted by molar-refractivity contribution is 7.85. The number of hydrogen-bond donors (Lipinski definition) is 2. The molecule has 0 aromatic heterocycles. The van der Waals surface area contributed by atoms with Crippen LogP contribution >= 0.6 is 12.6 Å². The number of rotatable bonds is 1. The van der Waals surface area contributed by atoms with Crippen LogP contribution in [0.3, 0.4) is 0 Å². The molecular weight excluding hydrogens is 117 g/mol. The number of thiol groups is 1. The smallest absolute Gasteiger partial charge is 0.257 e. The second-order valence-corrected chi connectivity index (χ2v) is 1.34. The third kappa shape index (κ3) is 2.22. The molecule has 0 aliphatic rings. The van der Waals surface area contributed by atoms with Crippen molar-refractivity contribution in [2.24, 2.45) is 5.73 Å². The van der Waals surface area contributed by atoms with Crippen molar-refractivity contribution < 1.29 is 9.18 Å². The molecule has 1 amide bonds. The summed E-state index contributed by atoms with van der Waals surface area (Å²) in [5, 5.41) is 0. The fraction of sp³-hybridized carbons (Fsp3) is 0. The molecule has 0 unspecified atom stereocenters. The van der Waals surface area contributed by atoms with E-state index in [0.29, 0.717) is 0 Å². The molecule has 0 saturated carbocycles. The fourth-order valence-electron chi connectivity index (χ4n) is 0.0538. The third-order valence-electron chi connectivity index (χ3n) is 0.356. The summed E-state index contributed by atoms with van der Waals surface area (Å²) in [5.74, 6) is -0.856. The Balaban J connectivity index is 3.82.